The van der Waals surface area contributed by atoms with Crippen molar-refractivity contribution in [2.75, 3.05) is 0 Å². The Bertz CT molecular complexity index is 607. The highest BCUT2D eigenvalue weighted by Crippen LogP contribution is 2.26. The molecule has 0 radical (unpaired) electrons. The fourth-order valence-electron chi connectivity index (χ4n) is 2.31. The van der Waals surface area contributed by atoms with Gasteiger partial charge in [0.05, 0.1) is 0 Å². The average Bonchev–Trinajstić information content (AvgIpc) is 2.70. The molecule has 90 valence electrons. The van der Waals surface area contributed by atoms with Crippen molar-refractivity contribution in [2.24, 2.45) is 0 Å². The van der Waals surface area contributed by atoms with E-state index < -0.39 is 0 Å². The van der Waals surface area contributed by atoms with Crippen LogP contribution < -0.4 is 0 Å². The second-order valence-corrected chi connectivity index (χ2v) is 5.31. The summed E-state index contributed by atoms with van der Waals surface area (Å²) in [4.78, 5) is 2.10. The fraction of sp³-hybridized carbons (Fsp3) is 0.133. The monoisotopic (exact) mass is 300 g/mol. The Morgan fingerprint density at radius 2 is 1.78 bits per heavy atom. The Morgan fingerprint density at radius 3 is 2.56 bits per heavy atom. The summed E-state index contributed by atoms with van der Waals surface area (Å²) in [5.41, 5.74) is 3.52. The van der Waals surface area contributed by atoms with E-state index in [4.69, 9.17) is 5.41 Å². The zero-order valence-electron chi connectivity index (χ0n) is 9.86. The first-order valence-corrected chi connectivity index (χ1v) is 6.70. The van der Waals surface area contributed by atoms with Crippen LogP contribution in [0.3, 0.4) is 0 Å². The molecule has 0 spiro atoms. The molecule has 0 bridgehead atoms. The van der Waals surface area contributed by atoms with Gasteiger partial charge in [-0.1, -0.05) is 58.4 Å². The molecule has 0 saturated carbocycles. The Kier molecular flexibility index (Phi) is 2.92. The molecule has 1 N–H and O–H groups in total. The van der Waals surface area contributed by atoms with Gasteiger partial charge in [0.25, 0.3) is 0 Å². The maximum absolute atomic E-state index is 8.22. The van der Waals surface area contributed by atoms with Crippen LogP contribution in [0.4, 0.5) is 0 Å². The van der Waals surface area contributed by atoms with Gasteiger partial charge in [-0.15, -0.1) is 0 Å². The van der Waals surface area contributed by atoms with Crippen LogP contribution in [0.2, 0.25) is 0 Å². The molecule has 0 amide bonds. The van der Waals surface area contributed by atoms with E-state index >= 15 is 0 Å². The van der Waals surface area contributed by atoms with Gasteiger partial charge >= 0.3 is 0 Å². The number of amidine groups is 1. The molecule has 0 aliphatic carbocycles. The van der Waals surface area contributed by atoms with Crippen molar-refractivity contribution in [2.45, 2.75) is 13.1 Å². The maximum Gasteiger partial charge on any atom is 0.129 e. The zero-order valence-corrected chi connectivity index (χ0v) is 11.4. The van der Waals surface area contributed by atoms with E-state index in [1.165, 1.54) is 11.1 Å². The number of nitrogens with zero attached hydrogens (tertiary/aromatic N) is 1. The van der Waals surface area contributed by atoms with Crippen molar-refractivity contribution in [3.8, 4) is 0 Å². The van der Waals surface area contributed by atoms with E-state index in [1.54, 1.807) is 0 Å². The van der Waals surface area contributed by atoms with Crippen LogP contribution in [0.15, 0.2) is 53.0 Å². The number of halogens is 1. The van der Waals surface area contributed by atoms with Gasteiger partial charge in [0.2, 0.25) is 0 Å². The molecular weight excluding hydrogens is 288 g/mol. The Hall–Kier alpha value is -1.61. The largest absolute Gasteiger partial charge is 0.348 e. The zero-order chi connectivity index (χ0) is 12.5. The van der Waals surface area contributed by atoms with Crippen LogP contribution in [0.5, 0.6) is 0 Å². The molecule has 0 aromatic heterocycles. The molecule has 2 aromatic carbocycles. The lowest BCUT2D eigenvalue weighted by Crippen LogP contribution is -2.23. The van der Waals surface area contributed by atoms with Gasteiger partial charge in [0.15, 0.2) is 0 Å². The first kappa shape index (κ1) is 11.5. The van der Waals surface area contributed by atoms with Crippen molar-refractivity contribution in [3.05, 3.63) is 69.7 Å². The molecule has 18 heavy (non-hydrogen) atoms. The summed E-state index contributed by atoms with van der Waals surface area (Å²) in [6.45, 7) is 1.60. The normalized spacial score (nSPS) is 13.8. The van der Waals surface area contributed by atoms with E-state index in [0.717, 1.165) is 23.1 Å². The van der Waals surface area contributed by atoms with E-state index in [0.29, 0.717) is 5.84 Å². The summed E-state index contributed by atoms with van der Waals surface area (Å²) < 4.78 is 1.11. The van der Waals surface area contributed by atoms with Crippen LogP contribution in [0.25, 0.3) is 0 Å². The van der Waals surface area contributed by atoms with Crippen LogP contribution in [-0.2, 0) is 13.1 Å². The smallest absolute Gasteiger partial charge is 0.129 e. The third kappa shape index (κ3) is 1.95. The van der Waals surface area contributed by atoms with Crippen molar-refractivity contribution in [3.63, 3.8) is 0 Å². The first-order valence-electron chi connectivity index (χ1n) is 5.91. The minimum absolute atomic E-state index is 0.626. The molecule has 3 rings (SSSR count). The van der Waals surface area contributed by atoms with Gasteiger partial charge in [0.1, 0.15) is 5.84 Å². The minimum atomic E-state index is 0.626. The average molecular weight is 301 g/mol. The lowest BCUT2D eigenvalue weighted by molar-refractivity contribution is 0.421. The third-order valence-electron chi connectivity index (χ3n) is 3.27. The lowest BCUT2D eigenvalue weighted by atomic mass is 10.1. The minimum Gasteiger partial charge on any atom is -0.348 e. The Balaban J connectivity index is 1.86. The van der Waals surface area contributed by atoms with Gasteiger partial charge in [-0.2, -0.15) is 0 Å². The van der Waals surface area contributed by atoms with Crippen molar-refractivity contribution in [1.29, 1.82) is 5.41 Å². The van der Waals surface area contributed by atoms with Gasteiger partial charge in [-0.25, -0.2) is 0 Å². The second kappa shape index (κ2) is 4.58. The Labute approximate surface area is 115 Å². The highest BCUT2D eigenvalue weighted by Gasteiger charge is 2.23. The van der Waals surface area contributed by atoms with Gasteiger partial charge in [-0.05, 0) is 17.2 Å². The van der Waals surface area contributed by atoms with Crippen LogP contribution in [-0.4, -0.2) is 10.7 Å². The molecule has 0 saturated heterocycles. The number of fused-ring (bicyclic) bond motifs is 1. The van der Waals surface area contributed by atoms with Crippen molar-refractivity contribution < 1.29 is 0 Å². The number of hydrogen-bond acceptors (Lipinski definition) is 1. The molecule has 1 aliphatic rings. The summed E-state index contributed by atoms with van der Waals surface area (Å²) in [5, 5.41) is 8.22. The van der Waals surface area contributed by atoms with Crippen LogP contribution in [0.1, 0.15) is 16.7 Å². The van der Waals surface area contributed by atoms with E-state index in [2.05, 4.69) is 33.0 Å². The molecule has 0 atom stereocenters. The first-order chi connectivity index (χ1) is 8.75. The van der Waals surface area contributed by atoms with Crippen molar-refractivity contribution in [1.82, 2.24) is 4.90 Å². The number of nitrogens with one attached hydrogen (secondary N) is 1. The van der Waals surface area contributed by atoms with Gasteiger partial charge < -0.3 is 4.90 Å². The maximum atomic E-state index is 8.22. The van der Waals surface area contributed by atoms with Gasteiger partial charge in [-0.3, -0.25) is 5.41 Å². The number of hydrogen-bond donors (Lipinski definition) is 1. The highest BCUT2D eigenvalue weighted by molar-refractivity contribution is 9.10. The van der Waals surface area contributed by atoms with E-state index in [-0.39, 0.29) is 0 Å². The molecule has 0 unspecified atom stereocenters. The molecule has 2 nitrogen and oxygen atoms in total. The summed E-state index contributed by atoms with van der Waals surface area (Å²) in [5.74, 6) is 0.626. The fourth-order valence-corrected chi connectivity index (χ4v) is 2.72. The third-order valence-corrected chi connectivity index (χ3v) is 4.04. The summed E-state index contributed by atoms with van der Waals surface area (Å²) in [6, 6.07) is 16.3. The standard InChI is InChI=1S/C15H13BrN2/c16-14-8-4-2-6-12(14)10-18-9-11-5-1-3-7-13(11)15(18)17/h1-8,17H,9-10H2. The molecule has 3 heteroatoms. The lowest BCUT2D eigenvalue weighted by Gasteiger charge is -2.18. The van der Waals surface area contributed by atoms with Crippen LogP contribution >= 0.6 is 15.9 Å². The second-order valence-electron chi connectivity index (χ2n) is 4.45. The van der Waals surface area contributed by atoms with E-state index in [9.17, 15) is 0 Å². The number of rotatable bonds is 2. The summed E-state index contributed by atoms with van der Waals surface area (Å²) in [6.07, 6.45) is 0. The molecule has 2 aromatic rings. The predicted octanol–water partition coefficient (Wildman–Crippen LogP) is 3.79. The topological polar surface area (TPSA) is 27.1 Å². The quantitative estimate of drug-likeness (QED) is 0.897. The predicted molar refractivity (Wildman–Crippen MR) is 76.7 cm³/mol. The summed E-state index contributed by atoms with van der Waals surface area (Å²) >= 11 is 3.56. The highest BCUT2D eigenvalue weighted by atomic mass is 79.9. The van der Waals surface area contributed by atoms with Gasteiger partial charge in [0, 0.05) is 23.1 Å². The molecule has 1 heterocycles. The van der Waals surface area contributed by atoms with Crippen LogP contribution in [0, 0.1) is 5.41 Å². The molecule has 0 fully saturated rings. The Morgan fingerprint density at radius 1 is 1.06 bits per heavy atom. The van der Waals surface area contributed by atoms with Crippen molar-refractivity contribution >= 4 is 21.8 Å². The summed E-state index contributed by atoms with van der Waals surface area (Å²) in [7, 11) is 0. The van der Waals surface area contributed by atoms with E-state index in [1.807, 2.05) is 36.4 Å². The number of benzene rings is 2. The molecular formula is C15H13BrN2. The SMILES string of the molecule is N=C1c2ccccc2CN1Cc1ccccc1Br. The molecule has 1 aliphatic heterocycles.